The lowest BCUT2D eigenvalue weighted by molar-refractivity contribution is -0.139. The number of nitrogens with two attached hydrogens (primary N) is 1. The number of amides is 1. The lowest BCUT2D eigenvalue weighted by Gasteiger charge is -2.25. The molecule has 0 saturated carbocycles. The lowest BCUT2D eigenvalue weighted by Crippen LogP contribution is -2.37. The number of halogens is 1. The van der Waals surface area contributed by atoms with Crippen molar-refractivity contribution in [3.05, 3.63) is 0 Å². The standard InChI is InChI=1S/C9H16INO3/c1-9(2,3)4-5(7(11)12)6(10)8(13)14/h5-6H,4H2,1-3H3,(H2,11,12)(H,13,14). The number of carboxylic acids is 1. The lowest BCUT2D eigenvalue weighted by atomic mass is 9.83. The summed E-state index contributed by atoms with van der Waals surface area (Å²) >= 11 is 1.75. The summed E-state index contributed by atoms with van der Waals surface area (Å²) in [5, 5.41) is 8.78. The van der Waals surface area contributed by atoms with E-state index >= 15 is 0 Å². The third-order valence-electron chi connectivity index (χ3n) is 1.79. The molecule has 0 aromatic rings. The number of carbonyl (C=O) groups is 2. The van der Waals surface area contributed by atoms with Crippen LogP contribution in [-0.4, -0.2) is 20.9 Å². The number of hydrogen-bond acceptors (Lipinski definition) is 2. The Morgan fingerprint density at radius 1 is 1.43 bits per heavy atom. The van der Waals surface area contributed by atoms with Crippen LogP contribution in [0.4, 0.5) is 0 Å². The van der Waals surface area contributed by atoms with Crippen molar-refractivity contribution < 1.29 is 14.7 Å². The monoisotopic (exact) mass is 313 g/mol. The molecule has 0 fully saturated rings. The van der Waals surface area contributed by atoms with Crippen LogP contribution in [0.2, 0.25) is 0 Å². The second-order valence-corrected chi connectivity index (χ2v) is 5.86. The minimum atomic E-state index is -0.987. The number of hydrogen-bond donors (Lipinski definition) is 2. The van der Waals surface area contributed by atoms with Crippen molar-refractivity contribution in [1.82, 2.24) is 0 Å². The summed E-state index contributed by atoms with van der Waals surface area (Å²) in [5.41, 5.74) is 5.08. The van der Waals surface area contributed by atoms with Gasteiger partial charge in [0.1, 0.15) is 3.92 Å². The van der Waals surface area contributed by atoms with Gasteiger partial charge in [-0.2, -0.15) is 0 Å². The van der Waals surface area contributed by atoms with E-state index in [0.29, 0.717) is 6.42 Å². The highest BCUT2D eigenvalue weighted by Gasteiger charge is 2.33. The SMILES string of the molecule is CC(C)(C)CC(C(N)=O)C(I)C(=O)O. The third-order valence-corrected chi connectivity index (χ3v) is 3.19. The summed E-state index contributed by atoms with van der Waals surface area (Å²) in [6.45, 7) is 5.86. The van der Waals surface area contributed by atoms with Gasteiger partial charge in [-0.3, -0.25) is 9.59 Å². The number of rotatable bonds is 4. The van der Waals surface area contributed by atoms with Crippen LogP contribution in [0.15, 0.2) is 0 Å². The number of carboxylic acid groups (broad SMARTS) is 1. The summed E-state index contributed by atoms with van der Waals surface area (Å²) in [6, 6.07) is 0. The second-order valence-electron chi connectivity index (χ2n) is 4.51. The second kappa shape index (κ2) is 4.95. The van der Waals surface area contributed by atoms with Gasteiger partial charge in [-0.1, -0.05) is 43.4 Å². The Morgan fingerprint density at radius 2 is 1.86 bits per heavy atom. The molecule has 2 unspecified atom stereocenters. The van der Waals surface area contributed by atoms with Gasteiger partial charge in [0.2, 0.25) is 5.91 Å². The Balaban J connectivity index is 4.62. The first-order valence-corrected chi connectivity index (χ1v) is 5.56. The maximum absolute atomic E-state index is 11.1. The molecule has 0 aromatic carbocycles. The fraction of sp³-hybridized carbons (Fsp3) is 0.778. The number of aliphatic carboxylic acids is 1. The predicted octanol–water partition coefficient (Wildman–Crippen LogP) is 1.41. The molecular weight excluding hydrogens is 297 g/mol. The van der Waals surface area contributed by atoms with Crippen molar-refractivity contribution >= 4 is 34.5 Å². The molecule has 0 aliphatic heterocycles. The quantitative estimate of drug-likeness (QED) is 0.608. The van der Waals surface area contributed by atoms with Crippen LogP contribution >= 0.6 is 22.6 Å². The van der Waals surface area contributed by atoms with Crippen molar-refractivity contribution in [1.29, 1.82) is 0 Å². The van der Waals surface area contributed by atoms with Gasteiger partial charge < -0.3 is 10.8 Å². The summed E-state index contributed by atoms with van der Waals surface area (Å²) in [7, 11) is 0. The highest BCUT2D eigenvalue weighted by Crippen LogP contribution is 2.29. The van der Waals surface area contributed by atoms with Crippen LogP contribution in [0.25, 0.3) is 0 Å². The summed E-state index contributed by atoms with van der Waals surface area (Å²) < 4.78 is -0.746. The summed E-state index contributed by atoms with van der Waals surface area (Å²) in [4.78, 5) is 21.8. The smallest absolute Gasteiger partial charge is 0.317 e. The van der Waals surface area contributed by atoms with E-state index in [4.69, 9.17) is 10.8 Å². The van der Waals surface area contributed by atoms with Crippen molar-refractivity contribution in [3.8, 4) is 0 Å². The Labute approximate surface area is 97.4 Å². The molecule has 1 amide bonds. The van der Waals surface area contributed by atoms with Gasteiger partial charge in [-0.25, -0.2) is 0 Å². The van der Waals surface area contributed by atoms with Gasteiger partial charge in [-0.15, -0.1) is 0 Å². The maximum atomic E-state index is 11.1. The highest BCUT2D eigenvalue weighted by molar-refractivity contribution is 14.1. The molecule has 0 aliphatic rings. The molecule has 82 valence electrons. The molecule has 14 heavy (non-hydrogen) atoms. The highest BCUT2D eigenvalue weighted by atomic mass is 127. The largest absolute Gasteiger partial charge is 0.480 e. The zero-order valence-electron chi connectivity index (χ0n) is 8.58. The molecule has 5 heteroatoms. The van der Waals surface area contributed by atoms with Crippen LogP contribution in [0.5, 0.6) is 0 Å². The van der Waals surface area contributed by atoms with E-state index in [-0.39, 0.29) is 5.41 Å². The van der Waals surface area contributed by atoms with Gasteiger partial charge in [0.05, 0.1) is 5.92 Å². The molecule has 0 heterocycles. The molecule has 0 aromatic heterocycles. The summed E-state index contributed by atoms with van der Waals surface area (Å²) in [5.74, 6) is -2.13. The molecule has 0 saturated heterocycles. The fourth-order valence-electron chi connectivity index (χ4n) is 1.18. The summed E-state index contributed by atoms with van der Waals surface area (Å²) in [6.07, 6.45) is 0.488. The Bertz CT molecular complexity index is 235. The first-order chi connectivity index (χ1) is 6.15. The van der Waals surface area contributed by atoms with Gasteiger partial charge >= 0.3 is 5.97 Å². The van der Waals surface area contributed by atoms with E-state index in [2.05, 4.69) is 0 Å². The molecule has 0 spiro atoms. The number of primary amides is 1. The zero-order chi connectivity index (χ0) is 11.5. The van der Waals surface area contributed by atoms with Crippen LogP contribution in [0.3, 0.4) is 0 Å². The van der Waals surface area contributed by atoms with Gasteiger partial charge in [0, 0.05) is 0 Å². The zero-order valence-corrected chi connectivity index (χ0v) is 10.7. The first kappa shape index (κ1) is 13.7. The van der Waals surface area contributed by atoms with Gasteiger partial charge in [0.25, 0.3) is 0 Å². The molecule has 0 rings (SSSR count). The molecule has 4 nitrogen and oxygen atoms in total. The fourth-order valence-corrected chi connectivity index (χ4v) is 1.79. The molecule has 0 aliphatic carbocycles. The van der Waals surface area contributed by atoms with Crippen LogP contribution < -0.4 is 5.73 Å². The average molecular weight is 313 g/mol. The van der Waals surface area contributed by atoms with Crippen LogP contribution in [-0.2, 0) is 9.59 Å². The molecule has 2 atom stereocenters. The number of carbonyl (C=O) groups excluding carboxylic acids is 1. The topological polar surface area (TPSA) is 80.4 Å². The van der Waals surface area contributed by atoms with Crippen molar-refractivity contribution in [2.45, 2.75) is 31.1 Å². The van der Waals surface area contributed by atoms with Crippen molar-refractivity contribution in [2.75, 3.05) is 0 Å². The predicted molar refractivity (Wildman–Crippen MR) is 62.2 cm³/mol. The van der Waals surface area contributed by atoms with E-state index in [1.807, 2.05) is 20.8 Å². The van der Waals surface area contributed by atoms with Crippen molar-refractivity contribution in [2.24, 2.45) is 17.1 Å². The Morgan fingerprint density at radius 3 is 2.07 bits per heavy atom. The third kappa shape index (κ3) is 4.78. The maximum Gasteiger partial charge on any atom is 0.317 e. The Hall–Kier alpha value is -0.330. The Kier molecular flexibility index (Phi) is 4.83. The van der Waals surface area contributed by atoms with E-state index in [1.165, 1.54) is 0 Å². The molecule has 0 radical (unpaired) electrons. The van der Waals surface area contributed by atoms with Gasteiger partial charge in [-0.05, 0) is 11.8 Å². The molecular formula is C9H16INO3. The molecule has 3 N–H and O–H groups in total. The minimum absolute atomic E-state index is 0.0986. The van der Waals surface area contributed by atoms with Crippen molar-refractivity contribution in [3.63, 3.8) is 0 Å². The first-order valence-electron chi connectivity index (χ1n) is 4.31. The van der Waals surface area contributed by atoms with E-state index in [9.17, 15) is 9.59 Å². The van der Waals surface area contributed by atoms with E-state index in [1.54, 1.807) is 22.6 Å². The van der Waals surface area contributed by atoms with Crippen LogP contribution in [0.1, 0.15) is 27.2 Å². The van der Waals surface area contributed by atoms with Gasteiger partial charge in [0.15, 0.2) is 0 Å². The number of alkyl halides is 1. The molecule has 0 bridgehead atoms. The van der Waals surface area contributed by atoms with E-state index < -0.39 is 21.7 Å². The average Bonchev–Trinajstić information content (AvgIpc) is 1.96. The minimum Gasteiger partial charge on any atom is -0.480 e. The van der Waals surface area contributed by atoms with E-state index in [0.717, 1.165) is 0 Å². The normalized spacial score (nSPS) is 16.0. The van der Waals surface area contributed by atoms with Crippen LogP contribution in [0, 0.1) is 11.3 Å².